The third kappa shape index (κ3) is 4.00. The Bertz CT molecular complexity index is 1460. The van der Waals surface area contributed by atoms with Crippen molar-refractivity contribution in [2.45, 2.75) is 0 Å². The van der Waals surface area contributed by atoms with Crippen LogP contribution in [0.2, 0.25) is 10.0 Å². The Kier molecular flexibility index (Phi) is 5.41. The van der Waals surface area contributed by atoms with Gasteiger partial charge in [0.15, 0.2) is 5.13 Å². The maximum atomic E-state index is 13.4. The summed E-state index contributed by atoms with van der Waals surface area (Å²) in [6.45, 7) is 0. The van der Waals surface area contributed by atoms with E-state index in [0.29, 0.717) is 32.1 Å². The number of amidine groups is 1. The number of amides is 1. The molecule has 0 unspecified atom stereocenters. The molecule has 5 rings (SSSR count). The van der Waals surface area contributed by atoms with E-state index in [-0.39, 0.29) is 11.4 Å². The van der Waals surface area contributed by atoms with Gasteiger partial charge in [-0.3, -0.25) is 14.9 Å². The van der Waals surface area contributed by atoms with Gasteiger partial charge in [-0.1, -0.05) is 77.0 Å². The average Bonchev–Trinajstić information content (AvgIpc) is 3.35. The highest BCUT2D eigenvalue weighted by Crippen LogP contribution is 2.37. The molecule has 33 heavy (non-hydrogen) atoms. The van der Waals surface area contributed by atoms with E-state index in [1.54, 1.807) is 24.3 Å². The van der Waals surface area contributed by atoms with Gasteiger partial charge < -0.3 is 0 Å². The van der Waals surface area contributed by atoms with E-state index in [1.807, 2.05) is 30.3 Å². The monoisotopic (exact) mass is 494 g/mol. The Balaban J connectivity index is 1.63. The fourth-order valence-electron chi connectivity index (χ4n) is 3.37. The summed E-state index contributed by atoms with van der Waals surface area (Å²) >= 11 is 13.6. The van der Waals surface area contributed by atoms with Crippen LogP contribution in [-0.4, -0.2) is 21.7 Å². The third-order valence-corrected chi connectivity index (χ3v) is 6.61. The first-order chi connectivity index (χ1) is 15.9. The molecule has 1 aliphatic rings. The molecule has 10 heteroatoms. The Morgan fingerprint density at radius 3 is 2.52 bits per heavy atom. The molecule has 0 saturated carbocycles. The lowest BCUT2D eigenvalue weighted by molar-refractivity contribution is -0.384. The largest absolute Gasteiger partial charge is 0.284 e. The number of benzene rings is 3. The second kappa shape index (κ2) is 8.40. The molecule has 0 fully saturated rings. The zero-order valence-electron chi connectivity index (χ0n) is 16.6. The molecule has 1 amide bonds. The van der Waals surface area contributed by atoms with Gasteiger partial charge in [0.25, 0.3) is 11.6 Å². The summed E-state index contributed by atoms with van der Waals surface area (Å²) in [4.78, 5) is 34.7. The van der Waals surface area contributed by atoms with Crippen molar-refractivity contribution in [2.75, 3.05) is 4.90 Å². The van der Waals surface area contributed by atoms with Crippen molar-refractivity contribution in [3.63, 3.8) is 0 Å². The molecule has 0 bridgehead atoms. The molecule has 3 aromatic carbocycles. The summed E-state index contributed by atoms with van der Waals surface area (Å²) in [6.07, 6.45) is 1.53. The molecule has 0 aliphatic carbocycles. The molecule has 7 nitrogen and oxygen atoms in total. The highest BCUT2D eigenvalue weighted by molar-refractivity contribution is 7.22. The number of carbonyl (C=O) groups is 1. The first-order valence-electron chi connectivity index (χ1n) is 9.61. The molecule has 0 radical (unpaired) electrons. The van der Waals surface area contributed by atoms with E-state index in [4.69, 9.17) is 23.2 Å². The predicted molar refractivity (Wildman–Crippen MR) is 131 cm³/mol. The number of fused-ring (bicyclic) bond motifs is 1. The lowest BCUT2D eigenvalue weighted by Crippen LogP contribution is -2.32. The van der Waals surface area contributed by atoms with Crippen molar-refractivity contribution < 1.29 is 9.72 Å². The number of aliphatic imine (C=N–C) groups is 1. The van der Waals surface area contributed by atoms with E-state index < -0.39 is 10.8 Å². The highest BCUT2D eigenvalue weighted by Gasteiger charge is 2.34. The Morgan fingerprint density at radius 2 is 1.76 bits per heavy atom. The third-order valence-electron chi connectivity index (χ3n) is 4.89. The topological polar surface area (TPSA) is 88.7 Å². The molecule has 4 aromatic rings. The molecular formula is C23H12Cl2N4O3S. The predicted octanol–water partition coefficient (Wildman–Crippen LogP) is 6.35. The Hall–Kier alpha value is -3.59. The summed E-state index contributed by atoms with van der Waals surface area (Å²) in [5, 5.41) is 12.3. The van der Waals surface area contributed by atoms with Crippen molar-refractivity contribution >= 4 is 73.4 Å². The Labute approximate surface area is 201 Å². The van der Waals surface area contributed by atoms with Crippen LogP contribution < -0.4 is 4.90 Å². The molecular weight excluding hydrogens is 483 g/mol. The molecule has 0 atom stereocenters. The number of hydrogen-bond donors (Lipinski definition) is 0. The van der Waals surface area contributed by atoms with Gasteiger partial charge in [0, 0.05) is 17.7 Å². The molecule has 1 aromatic heterocycles. The van der Waals surface area contributed by atoms with Gasteiger partial charge >= 0.3 is 0 Å². The number of nitro benzene ring substituents is 1. The fraction of sp³-hybridized carbons (Fsp3) is 0. The van der Waals surface area contributed by atoms with Crippen LogP contribution in [0, 0.1) is 10.1 Å². The number of nitro groups is 1. The zero-order valence-corrected chi connectivity index (χ0v) is 18.9. The second-order valence-corrected chi connectivity index (χ2v) is 8.88. The number of hydrogen-bond acceptors (Lipinski definition) is 6. The standard InChI is InChI=1S/C23H12Cl2N4O3S/c24-16-11-18-20(12-17(16)25)33-23(27-18)28-21(14-6-2-1-3-7-14)26-19(22(28)30)10-13-5-4-8-15(9-13)29(31)32/h1-12H. The van der Waals surface area contributed by atoms with Gasteiger partial charge in [0.1, 0.15) is 11.5 Å². The Morgan fingerprint density at radius 1 is 1.00 bits per heavy atom. The van der Waals surface area contributed by atoms with Crippen molar-refractivity contribution in [1.29, 1.82) is 0 Å². The fourth-order valence-corrected chi connectivity index (χ4v) is 4.74. The smallest absolute Gasteiger partial charge is 0.266 e. The van der Waals surface area contributed by atoms with E-state index in [0.717, 1.165) is 10.3 Å². The summed E-state index contributed by atoms with van der Waals surface area (Å²) < 4.78 is 0.774. The van der Waals surface area contributed by atoms with Crippen molar-refractivity contribution in [3.05, 3.63) is 104 Å². The van der Waals surface area contributed by atoms with Crippen LogP contribution in [0.5, 0.6) is 0 Å². The molecule has 162 valence electrons. The van der Waals surface area contributed by atoms with Crippen LogP contribution in [0.4, 0.5) is 10.8 Å². The number of carbonyl (C=O) groups excluding carboxylic acids is 1. The average molecular weight is 495 g/mol. The zero-order chi connectivity index (χ0) is 23.1. The second-order valence-electron chi connectivity index (χ2n) is 7.05. The van der Waals surface area contributed by atoms with Crippen molar-refractivity contribution in [2.24, 2.45) is 4.99 Å². The van der Waals surface area contributed by atoms with Crippen LogP contribution >= 0.6 is 34.5 Å². The first-order valence-corrected chi connectivity index (χ1v) is 11.2. The lowest BCUT2D eigenvalue weighted by Gasteiger charge is -2.14. The minimum absolute atomic E-state index is 0.0705. The molecule has 2 heterocycles. The van der Waals surface area contributed by atoms with Crippen LogP contribution in [0.3, 0.4) is 0 Å². The molecule has 0 N–H and O–H groups in total. The van der Waals surface area contributed by atoms with Crippen molar-refractivity contribution in [3.8, 4) is 0 Å². The van der Waals surface area contributed by atoms with E-state index >= 15 is 0 Å². The number of aromatic nitrogens is 1. The van der Waals surface area contributed by atoms with Gasteiger partial charge in [0.05, 0.1) is 25.2 Å². The summed E-state index contributed by atoms with van der Waals surface area (Å²) in [5.74, 6) is 0.0186. The molecule has 0 saturated heterocycles. The molecule has 1 aliphatic heterocycles. The van der Waals surface area contributed by atoms with Crippen LogP contribution in [0.1, 0.15) is 11.1 Å². The summed E-state index contributed by atoms with van der Waals surface area (Å²) in [6, 6.07) is 18.6. The van der Waals surface area contributed by atoms with Gasteiger partial charge in [0.2, 0.25) is 0 Å². The van der Waals surface area contributed by atoms with E-state index in [1.165, 1.54) is 34.4 Å². The summed E-state index contributed by atoms with van der Waals surface area (Å²) in [7, 11) is 0. The number of thiazole rings is 1. The highest BCUT2D eigenvalue weighted by atomic mass is 35.5. The van der Waals surface area contributed by atoms with Gasteiger partial charge in [-0.2, -0.15) is 0 Å². The number of halogens is 2. The molecule has 0 spiro atoms. The summed E-state index contributed by atoms with van der Waals surface area (Å²) in [5.41, 5.74) is 1.90. The van der Waals surface area contributed by atoms with Gasteiger partial charge in [-0.15, -0.1) is 0 Å². The van der Waals surface area contributed by atoms with E-state index in [2.05, 4.69) is 9.98 Å². The van der Waals surface area contributed by atoms with Gasteiger partial charge in [-0.05, 0) is 23.8 Å². The number of nitrogens with zero attached hydrogens (tertiary/aromatic N) is 4. The quantitative estimate of drug-likeness (QED) is 0.188. The minimum Gasteiger partial charge on any atom is -0.266 e. The van der Waals surface area contributed by atoms with Crippen LogP contribution in [-0.2, 0) is 4.79 Å². The van der Waals surface area contributed by atoms with Gasteiger partial charge in [-0.25, -0.2) is 14.9 Å². The number of non-ortho nitro benzene ring substituents is 1. The maximum absolute atomic E-state index is 13.4. The SMILES string of the molecule is O=C1C(=Cc2cccc([N+](=O)[O-])c2)N=C(c2ccccc2)N1c1nc2cc(Cl)c(Cl)cc2s1. The van der Waals surface area contributed by atoms with Crippen LogP contribution in [0.15, 0.2) is 77.4 Å². The first kappa shape index (κ1) is 21.3. The number of anilines is 1. The van der Waals surface area contributed by atoms with E-state index in [9.17, 15) is 14.9 Å². The lowest BCUT2D eigenvalue weighted by atomic mass is 10.1. The van der Waals surface area contributed by atoms with Crippen LogP contribution in [0.25, 0.3) is 16.3 Å². The number of rotatable bonds is 4. The maximum Gasteiger partial charge on any atom is 0.284 e. The normalized spacial score (nSPS) is 14.8. The minimum atomic E-state index is -0.485. The van der Waals surface area contributed by atoms with Crippen molar-refractivity contribution in [1.82, 2.24) is 4.98 Å².